The minimum Gasteiger partial charge on any atom is -0.497 e. The molecule has 0 aliphatic rings. The van der Waals surface area contributed by atoms with E-state index >= 15 is 0 Å². The number of benzene rings is 2. The van der Waals surface area contributed by atoms with Crippen molar-refractivity contribution in [2.45, 2.75) is 26.3 Å². The van der Waals surface area contributed by atoms with Crippen LogP contribution in [0.3, 0.4) is 0 Å². The van der Waals surface area contributed by atoms with E-state index in [1.807, 2.05) is 25.1 Å². The lowest BCUT2D eigenvalue weighted by atomic mass is 10.1. The van der Waals surface area contributed by atoms with E-state index < -0.39 is 11.7 Å². The third kappa shape index (κ3) is 7.83. The molecule has 0 aliphatic heterocycles. The number of alkyl halides is 3. The SMILES string of the molecule is COCOc1c(C)cc(-c2ncc(COc3cc(OCc4ccc(OC)cc4)c(-c4cc(C(F)(F)F)c[nH]4)cn3)cn2)cc1Cl. The molecular weight excluding hydrogens is 613 g/mol. The number of H-pyrrole nitrogens is 1. The Balaban J connectivity index is 1.32. The molecule has 0 atom stereocenters. The first-order valence-electron chi connectivity index (χ1n) is 13.5. The molecule has 5 aromatic rings. The number of nitrogens with zero attached hydrogens (tertiary/aromatic N) is 3. The Labute approximate surface area is 261 Å². The van der Waals surface area contributed by atoms with Gasteiger partial charge in [-0.05, 0) is 48.4 Å². The number of aryl methyl sites for hydroxylation is 1. The first kappa shape index (κ1) is 31.6. The maximum atomic E-state index is 13.3. The smallest absolute Gasteiger partial charge is 0.417 e. The van der Waals surface area contributed by atoms with Gasteiger partial charge in [-0.25, -0.2) is 15.0 Å². The molecule has 45 heavy (non-hydrogen) atoms. The van der Waals surface area contributed by atoms with E-state index in [0.29, 0.717) is 39.0 Å². The Bertz CT molecular complexity index is 1720. The summed E-state index contributed by atoms with van der Waals surface area (Å²) >= 11 is 6.39. The maximum Gasteiger partial charge on any atom is 0.417 e. The number of halogens is 4. The van der Waals surface area contributed by atoms with Gasteiger partial charge in [0.25, 0.3) is 0 Å². The van der Waals surface area contributed by atoms with Gasteiger partial charge >= 0.3 is 6.18 Å². The monoisotopic (exact) mass is 640 g/mol. The molecule has 1 N–H and O–H groups in total. The average Bonchev–Trinajstić information content (AvgIpc) is 3.54. The van der Waals surface area contributed by atoms with E-state index in [9.17, 15) is 13.2 Å². The number of hydrogen-bond donors (Lipinski definition) is 1. The number of nitrogens with one attached hydrogen (secondary N) is 1. The van der Waals surface area contributed by atoms with Gasteiger partial charge in [0.1, 0.15) is 30.5 Å². The van der Waals surface area contributed by atoms with Crippen LogP contribution in [0.1, 0.15) is 22.3 Å². The summed E-state index contributed by atoms with van der Waals surface area (Å²) in [5.74, 6) is 2.15. The fourth-order valence-corrected chi connectivity index (χ4v) is 4.63. The zero-order chi connectivity index (χ0) is 32.0. The summed E-state index contributed by atoms with van der Waals surface area (Å²) in [5, 5.41) is 0.409. The van der Waals surface area contributed by atoms with Crippen molar-refractivity contribution in [2.24, 2.45) is 0 Å². The second-order valence-electron chi connectivity index (χ2n) is 9.81. The molecule has 0 saturated carbocycles. The fourth-order valence-electron chi connectivity index (χ4n) is 4.31. The first-order chi connectivity index (χ1) is 21.6. The Hall–Kier alpha value is -4.81. The van der Waals surface area contributed by atoms with Crippen LogP contribution in [-0.2, 0) is 24.1 Å². The maximum absolute atomic E-state index is 13.3. The van der Waals surface area contributed by atoms with E-state index in [1.54, 1.807) is 37.7 Å². The molecule has 0 spiro atoms. The normalized spacial score (nSPS) is 11.4. The molecule has 2 aromatic carbocycles. The van der Waals surface area contributed by atoms with Gasteiger partial charge in [0.2, 0.25) is 5.88 Å². The molecular formula is C32H28ClF3N4O5. The van der Waals surface area contributed by atoms with Crippen LogP contribution in [0.15, 0.2) is 73.3 Å². The van der Waals surface area contributed by atoms with Crippen molar-refractivity contribution in [3.05, 3.63) is 101 Å². The van der Waals surface area contributed by atoms with Gasteiger partial charge in [0.15, 0.2) is 12.6 Å². The Kier molecular flexibility index (Phi) is 9.74. The predicted molar refractivity (Wildman–Crippen MR) is 160 cm³/mol. The van der Waals surface area contributed by atoms with Gasteiger partial charge < -0.3 is 28.7 Å². The topological polar surface area (TPSA) is 101 Å². The van der Waals surface area contributed by atoms with Gasteiger partial charge in [-0.2, -0.15) is 13.2 Å². The standard InChI is InChI=1S/C32H28ClF3N4O5/c1-19-8-22(9-26(33)30(19)45-18-41-2)31-39-12-21(13-40-31)17-44-29-11-28(43-16-20-4-6-24(42-3)7-5-20)25(15-38-29)27-10-23(14-37-27)32(34,35)36/h4-15,37H,16-18H2,1-3H3. The quantitative estimate of drug-likeness (QED) is 0.139. The Morgan fingerprint density at radius 2 is 1.58 bits per heavy atom. The van der Waals surface area contributed by atoms with Crippen molar-refractivity contribution >= 4 is 11.6 Å². The van der Waals surface area contributed by atoms with Crippen LogP contribution < -0.4 is 18.9 Å². The molecule has 0 amide bonds. The molecule has 0 aliphatic carbocycles. The molecule has 234 valence electrons. The highest BCUT2D eigenvalue weighted by molar-refractivity contribution is 6.32. The van der Waals surface area contributed by atoms with Crippen molar-refractivity contribution in [2.75, 3.05) is 21.0 Å². The number of rotatable bonds is 12. The Morgan fingerprint density at radius 1 is 0.844 bits per heavy atom. The summed E-state index contributed by atoms with van der Waals surface area (Å²) in [4.78, 5) is 15.8. The second-order valence-corrected chi connectivity index (χ2v) is 10.2. The van der Waals surface area contributed by atoms with E-state index in [2.05, 4.69) is 19.9 Å². The van der Waals surface area contributed by atoms with E-state index in [4.69, 9.17) is 35.3 Å². The fraction of sp³-hybridized carbons (Fsp3) is 0.219. The Morgan fingerprint density at radius 3 is 2.22 bits per heavy atom. The summed E-state index contributed by atoms with van der Waals surface area (Å²) < 4.78 is 67.4. The molecule has 3 heterocycles. The number of ether oxygens (including phenoxy) is 5. The number of methoxy groups -OCH3 is 2. The lowest BCUT2D eigenvalue weighted by Gasteiger charge is -2.13. The number of aromatic nitrogens is 4. The summed E-state index contributed by atoms with van der Waals surface area (Å²) in [5.41, 5.74) is 2.73. The van der Waals surface area contributed by atoms with Gasteiger partial charge in [0, 0.05) is 49.1 Å². The molecule has 3 aromatic heterocycles. The van der Waals surface area contributed by atoms with Crippen molar-refractivity contribution in [3.63, 3.8) is 0 Å². The summed E-state index contributed by atoms with van der Waals surface area (Å²) in [6.07, 6.45) is 1.04. The molecule has 0 unspecified atom stereocenters. The van der Waals surface area contributed by atoms with E-state index in [1.165, 1.54) is 19.4 Å². The van der Waals surface area contributed by atoms with E-state index in [-0.39, 0.29) is 37.3 Å². The van der Waals surface area contributed by atoms with Crippen LogP contribution in [0.4, 0.5) is 13.2 Å². The molecule has 0 bridgehead atoms. The molecule has 5 rings (SSSR count). The number of aromatic amines is 1. The zero-order valence-corrected chi connectivity index (χ0v) is 25.2. The average molecular weight is 641 g/mol. The largest absolute Gasteiger partial charge is 0.497 e. The lowest BCUT2D eigenvalue weighted by Crippen LogP contribution is -2.03. The molecule has 0 saturated heterocycles. The molecule has 0 radical (unpaired) electrons. The zero-order valence-electron chi connectivity index (χ0n) is 24.4. The van der Waals surface area contributed by atoms with Crippen LogP contribution in [0.5, 0.6) is 23.1 Å². The van der Waals surface area contributed by atoms with Gasteiger partial charge in [-0.3, -0.25) is 0 Å². The minimum atomic E-state index is -4.50. The lowest BCUT2D eigenvalue weighted by molar-refractivity contribution is -0.137. The van der Waals surface area contributed by atoms with Crippen molar-refractivity contribution in [1.29, 1.82) is 0 Å². The summed E-state index contributed by atoms with van der Waals surface area (Å²) in [6, 6.07) is 13.3. The van der Waals surface area contributed by atoms with Crippen LogP contribution in [0, 0.1) is 6.92 Å². The molecule has 9 nitrogen and oxygen atoms in total. The summed E-state index contributed by atoms with van der Waals surface area (Å²) in [7, 11) is 3.09. The highest BCUT2D eigenvalue weighted by Gasteiger charge is 2.32. The third-order valence-electron chi connectivity index (χ3n) is 6.60. The molecule has 0 fully saturated rings. The third-order valence-corrected chi connectivity index (χ3v) is 6.88. The van der Waals surface area contributed by atoms with Gasteiger partial charge in [-0.1, -0.05) is 23.7 Å². The van der Waals surface area contributed by atoms with Crippen molar-refractivity contribution in [3.8, 4) is 45.8 Å². The first-order valence-corrected chi connectivity index (χ1v) is 13.9. The van der Waals surface area contributed by atoms with E-state index in [0.717, 1.165) is 23.4 Å². The summed E-state index contributed by atoms with van der Waals surface area (Å²) in [6.45, 7) is 2.16. The highest BCUT2D eigenvalue weighted by atomic mass is 35.5. The predicted octanol–water partition coefficient (Wildman–Crippen LogP) is 7.66. The molecule has 13 heteroatoms. The number of pyridine rings is 1. The van der Waals surface area contributed by atoms with Crippen molar-refractivity contribution < 1.29 is 36.9 Å². The number of hydrogen-bond acceptors (Lipinski definition) is 8. The highest BCUT2D eigenvalue weighted by Crippen LogP contribution is 2.37. The van der Waals surface area contributed by atoms with Crippen LogP contribution >= 0.6 is 11.6 Å². The van der Waals surface area contributed by atoms with Crippen molar-refractivity contribution in [1.82, 2.24) is 19.9 Å². The minimum absolute atomic E-state index is 0.0733. The van der Waals surface area contributed by atoms with Crippen LogP contribution in [0.2, 0.25) is 5.02 Å². The van der Waals surface area contributed by atoms with Gasteiger partial charge in [0.05, 0.1) is 29.0 Å². The van der Waals surface area contributed by atoms with Crippen LogP contribution in [-0.4, -0.2) is 40.9 Å². The van der Waals surface area contributed by atoms with Gasteiger partial charge in [-0.15, -0.1) is 0 Å². The van der Waals surface area contributed by atoms with Crippen LogP contribution in [0.25, 0.3) is 22.6 Å². The second kappa shape index (κ2) is 13.9.